The van der Waals surface area contributed by atoms with E-state index in [0.717, 1.165) is 128 Å². The molecule has 3 fully saturated rings. The Balaban J connectivity index is 1.90. The van der Waals surface area contributed by atoms with Gasteiger partial charge >= 0.3 is 31.7 Å². The molecule has 0 radical (unpaired) electrons. The maximum absolute atomic E-state index is 14.9. The first-order valence-electron chi connectivity index (χ1n) is 50.2. The summed E-state index contributed by atoms with van der Waals surface area (Å²) in [6.45, 7) is 8.00. The second kappa shape index (κ2) is 74.2. The van der Waals surface area contributed by atoms with Crippen LogP contribution < -0.4 is 0 Å². The number of aliphatic hydroxyl groups is 9. The Hall–Kier alpha value is -2.53. The van der Waals surface area contributed by atoms with Crippen molar-refractivity contribution in [1.82, 2.24) is 0 Å². The summed E-state index contributed by atoms with van der Waals surface area (Å²) in [5.74, 6) is -2.25. The Bertz CT molecular complexity index is 2540. The molecule has 2 saturated heterocycles. The van der Waals surface area contributed by atoms with Gasteiger partial charge in [-0.3, -0.25) is 28.2 Å². The van der Waals surface area contributed by atoms with Crippen LogP contribution in [0.5, 0.6) is 0 Å². The molecule has 3 aliphatic rings. The Morgan fingerprint density at radius 1 is 0.320 bits per heavy atom. The Morgan fingerprint density at radius 2 is 0.615 bits per heavy atom. The molecule has 3 rings (SSSR count). The van der Waals surface area contributed by atoms with Crippen molar-refractivity contribution in [3.05, 3.63) is 0 Å². The van der Waals surface area contributed by atoms with Gasteiger partial charge in [-0.1, -0.05) is 401 Å². The molecule has 720 valence electrons. The molecule has 0 aromatic carbocycles. The molecule has 2 aliphatic heterocycles. The second-order valence-corrected chi connectivity index (χ2v) is 37.7. The van der Waals surface area contributed by atoms with E-state index in [9.17, 15) is 74.6 Å². The molecule has 19 atom stereocenters. The van der Waals surface area contributed by atoms with E-state index in [2.05, 4.69) is 34.6 Å². The average molecular weight is 1770 g/mol. The van der Waals surface area contributed by atoms with E-state index in [1.54, 1.807) is 0 Å². The smallest absolute Gasteiger partial charge is 0.463 e. The molecule has 0 bridgehead atoms. The van der Waals surface area contributed by atoms with Crippen LogP contribution in [0.25, 0.3) is 0 Å². The van der Waals surface area contributed by atoms with Gasteiger partial charge in [-0.2, -0.15) is 0 Å². The number of carbonyl (C=O) groups excluding carboxylic acids is 4. The fourth-order valence-corrected chi connectivity index (χ4v) is 17.9. The van der Waals surface area contributed by atoms with Crippen LogP contribution in [-0.4, -0.2) is 205 Å². The van der Waals surface area contributed by atoms with Crippen molar-refractivity contribution >= 4 is 31.7 Å². The Morgan fingerprint density at radius 3 is 0.975 bits per heavy atom. The van der Waals surface area contributed by atoms with E-state index < -0.39 is 162 Å². The fraction of sp³-hybridized carbons (Fsp3) is 0.958. The maximum Gasteiger partial charge on any atom is 0.472 e. The van der Waals surface area contributed by atoms with E-state index >= 15 is 0 Å². The van der Waals surface area contributed by atoms with Crippen LogP contribution in [0.2, 0.25) is 0 Å². The van der Waals surface area contributed by atoms with Gasteiger partial charge in [-0.05, 0) is 31.6 Å². The minimum atomic E-state index is -5.81. The predicted molar refractivity (Wildman–Crippen MR) is 477 cm³/mol. The molecule has 0 spiro atoms. The van der Waals surface area contributed by atoms with Gasteiger partial charge in [0.15, 0.2) is 24.8 Å². The van der Waals surface area contributed by atoms with Crippen molar-refractivity contribution in [2.24, 2.45) is 5.92 Å². The first-order valence-corrected chi connectivity index (χ1v) is 51.7. The number of aliphatic hydroxyl groups excluding tert-OH is 9. The summed E-state index contributed by atoms with van der Waals surface area (Å²) in [5.41, 5.74) is 0. The van der Waals surface area contributed by atoms with E-state index in [4.69, 9.17) is 46.9 Å². The van der Waals surface area contributed by atoms with Gasteiger partial charge in [0, 0.05) is 25.7 Å². The lowest BCUT2D eigenvalue weighted by molar-refractivity contribution is -0.360. The third-order valence-corrected chi connectivity index (χ3v) is 26.0. The number of phosphoric ester groups is 1. The van der Waals surface area contributed by atoms with Crippen LogP contribution in [0.15, 0.2) is 0 Å². The van der Waals surface area contributed by atoms with Crippen molar-refractivity contribution in [2.75, 3.05) is 26.4 Å². The highest BCUT2D eigenvalue weighted by atomic mass is 31.2. The number of esters is 4. The van der Waals surface area contributed by atoms with Gasteiger partial charge in [0.25, 0.3) is 0 Å². The number of rotatable bonds is 82. The summed E-state index contributed by atoms with van der Waals surface area (Å²) in [6.07, 6.45) is 32.0. The highest BCUT2D eigenvalue weighted by Crippen LogP contribution is 2.49. The van der Waals surface area contributed by atoms with Crippen molar-refractivity contribution in [3.8, 4) is 0 Å². The summed E-state index contributed by atoms with van der Waals surface area (Å²) in [6, 6.07) is 0. The van der Waals surface area contributed by atoms with E-state index in [1.807, 2.05) is 0 Å². The molecular weight excluding hydrogens is 1580 g/mol. The van der Waals surface area contributed by atoms with Crippen molar-refractivity contribution in [1.29, 1.82) is 0 Å². The van der Waals surface area contributed by atoms with E-state index in [0.29, 0.717) is 38.0 Å². The second-order valence-electron chi connectivity index (χ2n) is 36.3. The molecule has 25 nitrogen and oxygen atoms in total. The average Bonchev–Trinajstić information content (AvgIpc) is 0.753. The zero-order valence-electron chi connectivity index (χ0n) is 77.2. The van der Waals surface area contributed by atoms with Crippen LogP contribution >= 0.6 is 7.82 Å². The van der Waals surface area contributed by atoms with Crippen molar-refractivity contribution < 1.29 is 122 Å². The molecule has 122 heavy (non-hydrogen) atoms. The third-order valence-electron chi connectivity index (χ3n) is 25.0. The molecule has 1 aliphatic carbocycles. The summed E-state index contributed by atoms with van der Waals surface area (Å²) >= 11 is 0. The van der Waals surface area contributed by atoms with Crippen LogP contribution in [0.1, 0.15) is 452 Å². The predicted octanol–water partition coefficient (Wildman–Crippen LogP) is 19.6. The first-order chi connectivity index (χ1) is 59.1. The van der Waals surface area contributed by atoms with Crippen LogP contribution in [0, 0.1) is 5.92 Å². The molecule has 0 amide bonds. The molecular formula is C96H181O25P. The SMILES string of the molecule is CCCCCCCCCCCCCCCCCCC(=O)OC(COC(=O)CCCCCCCCCCCCCCCCC)COP(=O)(O)OC1C(OC2OC(CO)C(O)C(O)C2O)C(O)C(O)C(OC(=O)CCCCCCCCCCCCCCCCCC)C1OC1OC(COC(=O)CCCCCCCCC(C)CCCCCCCC)C(O)C(O)C1O. The van der Waals surface area contributed by atoms with Crippen molar-refractivity contribution in [3.63, 3.8) is 0 Å². The number of ether oxygens (including phenoxy) is 8. The van der Waals surface area contributed by atoms with Gasteiger partial charge in [0.1, 0.15) is 92.6 Å². The highest BCUT2D eigenvalue weighted by Gasteiger charge is 2.60. The minimum absolute atomic E-state index is 0.0175. The lowest BCUT2D eigenvalue weighted by Gasteiger charge is -2.50. The molecule has 19 unspecified atom stereocenters. The Kier molecular flexibility index (Phi) is 69.1. The topological polar surface area (TPSA) is 380 Å². The van der Waals surface area contributed by atoms with E-state index in [1.165, 1.54) is 231 Å². The Labute approximate surface area is 738 Å². The molecule has 1 saturated carbocycles. The largest absolute Gasteiger partial charge is 0.472 e. The number of carbonyl (C=O) groups is 4. The summed E-state index contributed by atoms with van der Waals surface area (Å²) in [4.78, 5) is 66.7. The quantitative estimate of drug-likeness (QED) is 0.0117. The van der Waals surface area contributed by atoms with Gasteiger partial charge in [0.2, 0.25) is 0 Å². The number of unbranched alkanes of at least 4 members (excludes halogenated alkanes) is 54. The minimum Gasteiger partial charge on any atom is -0.463 e. The zero-order chi connectivity index (χ0) is 89.1. The summed E-state index contributed by atoms with van der Waals surface area (Å²) in [7, 11) is -5.81. The van der Waals surface area contributed by atoms with Crippen molar-refractivity contribution in [2.45, 2.75) is 556 Å². The molecule has 0 aromatic heterocycles. The maximum atomic E-state index is 14.9. The molecule has 26 heteroatoms. The van der Waals surface area contributed by atoms with Crippen LogP contribution in [0.3, 0.4) is 0 Å². The standard InChI is InChI=1S/C96H181O25P/c1-6-10-14-18-22-25-28-31-34-37-40-43-46-49-57-63-69-81(100)115-76(72-112-79(98)67-61-55-48-45-42-39-36-33-30-27-24-20-16-12-8-3)73-114-122(110,111)121-94-92(119-95-89(108)85(104)83(102)77(71-97)116-95)88(107)87(106)91(118-82(101)70-64-58-50-47-44-41-38-35-32-29-26-23-19-15-11-7-2)93(94)120-96-90(109)86(105)84(103)78(117-96)74-113-80(99)68-62-56-52-51-54-60-66-75(5)65-59-53-21-17-13-9-4/h75-78,83-97,102-109H,6-74H2,1-5H3,(H,110,111). The lowest BCUT2D eigenvalue weighted by atomic mass is 9.84. The van der Waals surface area contributed by atoms with Gasteiger partial charge in [-0.25, -0.2) is 4.57 Å². The molecule has 0 aromatic rings. The monoisotopic (exact) mass is 1770 g/mol. The summed E-state index contributed by atoms with van der Waals surface area (Å²) in [5, 5.41) is 103. The van der Waals surface area contributed by atoms with Gasteiger partial charge < -0.3 is 88.7 Å². The first kappa shape index (κ1) is 114. The van der Waals surface area contributed by atoms with Gasteiger partial charge in [0.05, 0.1) is 13.2 Å². The van der Waals surface area contributed by atoms with Gasteiger partial charge in [-0.15, -0.1) is 0 Å². The molecule has 2 heterocycles. The number of hydrogen-bond donors (Lipinski definition) is 10. The third kappa shape index (κ3) is 53.6. The number of phosphoric acid groups is 1. The fourth-order valence-electron chi connectivity index (χ4n) is 17.0. The number of hydrogen-bond acceptors (Lipinski definition) is 24. The summed E-state index contributed by atoms with van der Waals surface area (Å²) < 4.78 is 73.7. The normalized spacial score (nSPS) is 24.7. The van der Waals surface area contributed by atoms with Crippen LogP contribution in [0.4, 0.5) is 0 Å². The van der Waals surface area contributed by atoms with Crippen LogP contribution in [-0.2, 0) is 70.7 Å². The highest BCUT2D eigenvalue weighted by molar-refractivity contribution is 7.47. The lowest BCUT2D eigenvalue weighted by Crippen LogP contribution is -2.70. The zero-order valence-corrected chi connectivity index (χ0v) is 78.1. The molecule has 10 N–H and O–H groups in total. The van der Waals surface area contributed by atoms with E-state index in [-0.39, 0.29) is 25.7 Å².